The largest absolute Gasteiger partial charge is 0.493 e. The molecule has 0 heterocycles. The zero-order valence-electron chi connectivity index (χ0n) is 12.0. The molecule has 0 saturated carbocycles. The average molecular weight is 302 g/mol. The molecule has 0 spiro atoms. The number of carbonyl (C=O) groups is 2. The predicted molar refractivity (Wildman–Crippen MR) is 78.9 cm³/mol. The molecule has 22 heavy (non-hydrogen) atoms. The van der Waals surface area contributed by atoms with Crippen molar-refractivity contribution in [2.45, 2.75) is 0 Å². The Morgan fingerprint density at radius 2 is 1.50 bits per heavy atom. The summed E-state index contributed by atoms with van der Waals surface area (Å²) in [4.78, 5) is 23.2. The van der Waals surface area contributed by atoms with Gasteiger partial charge in [-0.25, -0.2) is 9.59 Å². The molecule has 2 aromatic carbocycles. The summed E-state index contributed by atoms with van der Waals surface area (Å²) in [5, 5.41) is 18.9. The van der Waals surface area contributed by atoms with E-state index in [4.69, 9.17) is 9.47 Å². The molecule has 0 aromatic heterocycles. The van der Waals surface area contributed by atoms with Gasteiger partial charge >= 0.3 is 11.9 Å². The lowest BCUT2D eigenvalue weighted by Gasteiger charge is -2.16. The number of rotatable bonds is 5. The smallest absolute Gasteiger partial charge is 0.340 e. The fraction of sp³-hybridized carbons (Fsp3) is 0.125. The second kappa shape index (κ2) is 6.17. The van der Waals surface area contributed by atoms with Gasteiger partial charge in [-0.05, 0) is 11.6 Å². The van der Waals surface area contributed by atoms with Crippen molar-refractivity contribution >= 4 is 11.9 Å². The third-order valence-electron chi connectivity index (χ3n) is 3.18. The zero-order chi connectivity index (χ0) is 16.3. The fourth-order valence-corrected chi connectivity index (χ4v) is 2.27. The van der Waals surface area contributed by atoms with Gasteiger partial charge in [0.1, 0.15) is 5.56 Å². The van der Waals surface area contributed by atoms with Crippen molar-refractivity contribution in [3.8, 4) is 22.6 Å². The summed E-state index contributed by atoms with van der Waals surface area (Å²) in [6.07, 6.45) is 0. The van der Waals surface area contributed by atoms with Crippen LogP contribution in [-0.4, -0.2) is 36.4 Å². The van der Waals surface area contributed by atoms with Gasteiger partial charge in [0.2, 0.25) is 0 Å². The van der Waals surface area contributed by atoms with E-state index >= 15 is 0 Å². The molecule has 2 rings (SSSR count). The van der Waals surface area contributed by atoms with Crippen LogP contribution in [0.1, 0.15) is 20.7 Å². The van der Waals surface area contributed by atoms with Crippen molar-refractivity contribution in [3.63, 3.8) is 0 Å². The van der Waals surface area contributed by atoms with E-state index in [-0.39, 0.29) is 22.6 Å². The molecule has 0 radical (unpaired) electrons. The Kier molecular flexibility index (Phi) is 4.31. The molecule has 0 aliphatic carbocycles. The van der Waals surface area contributed by atoms with Gasteiger partial charge in [-0.1, -0.05) is 30.3 Å². The fourth-order valence-electron chi connectivity index (χ4n) is 2.27. The first-order valence-corrected chi connectivity index (χ1v) is 6.32. The summed E-state index contributed by atoms with van der Waals surface area (Å²) >= 11 is 0. The molecule has 2 aromatic rings. The Hall–Kier alpha value is -3.02. The van der Waals surface area contributed by atoms with Crippen LogP contribution in [0.2, 0.25) is 0 Å². The predicted octanol–water partition coefficient (Wildman–Crippen LogP) is 2.77. The number of carboxylic acids is 2. The van der Waals surface area contributed by atoms with Crippen LogP contribution in [0.5, 0.6) is 11.5 Å². The van der Waals surface area contributed by atoms with E-state index in [0.29, 0.717) is 5.56 Å². The number of hydrogen-bond acceptors (Lipinski definition) is 4. The molecule has 0 aliphatic heterocycles. The van der Waals surface area contributed by atoms with Crippen LogP contribution >= 0.6 is 0 Å². The van der Waals surface area contributed by atoms with Crippen molar-refractivity contribution in [1.82, 2.24) is 0 Å². The molecule has 0 unspecified atom stereocenters. The van der Waals surface area contributed by atoms with Crippen molar-refractivity contribution in [2.24, 2.45) is 0 Å². The van der Waals surface area contributed by atoms with E-state index in [1.165, 1.54) is 20.3 Å². The van der Waals surface area contributed by atoms with Gasteiger partial charge in [-0.2, -0.15) is 0 Å². The molecule has 2 N–H and O–H groups in total. The van der Waals surface area contributed by atoms with Gasteiger partial charge in [0, 0.05) is 5.56 Å². The molecular weight excluding hydrogens is 288 g/mol. The van der Waals surface area contributed by atoms with Gasteiger partial charge in [0.15, 0.2) is 11.5 Å². The van der Waals surface area contributed by atoms with Gasteiger partial charge in [0.05, 0.1) is 19.8 Å². The number of ether oxygens (including phenoxy) is 2. The van der Waals surface area contributed by atoms with Crippen molar-refractivity contribution in [1.29, 1.82) is 0 Å². The maximum Gasteiger partial charge on any atom is 0.340 e. The molecule has 6 heteroatoms. The van der Waals surface area contributed by atoms with E-state index < -0.39 is 17.5 Å². The van der Waals surface area contributed by atoms with E-state index in [1.807, 2.05) is 0 Å². The highest BCUT2D eigenvalue weighted by Gasteiger charge is 2.28. The van der Waals surface area contributed by atoms with Crippen LogP contribution in [0, 0.1) is 0 Å². The van der Waals surface area contributed by atoms with Crippen LogP contribution in [0.25, 0.3) is 11.1 Å². The van der Waals surface area contributed by atoms with Crippen molar-refractivity contribution < 1.29 is 29.3 Å². The van der Waals surface area contributed by atoms with Crippen LogP contribution in [0.15, 0.2) is 36.4 Å². The minimum absolute atomic E-state index is 0.118. The summed E-state index contributed by atoms with van der Waals surface area (Å²) in [6, 6.07) is 10.1. The molecule has 0 atom stereocenters. The second-order valence-corrected chi connectivity index (χ2v) is 4.39. The molecule has 0 bridgehead atoms. The summed E-state index contributed by atoms with van der Waals surface area (Å²) in [7, 11) is 2.62. The Labute approximate surface area is 126 Å². The average Bonchev–Trinajstić information content (AvgIpc) is 2.53. The Morgan fingerprint density at radius 3 is 1.95 bits per heavy atom. The lowest BCUT2D eigenvalue weighted by molar-refractivity contribution is 0.0648. The maximum absolute atomic E-state index is 11.6. The third-order valence-corrected chi connectivity index (χ3v) is 3.18. The first kappa shape index (κ1) is 15.4. The van der Waals surface area contributed by atoms with Crippen molar-refractivity contribution in [2.75, 3.05) is 14.2 Å². The molecular formula is C16H14O6. The SMILES string of the molecule is COc1cc(-c2ccccc2)c(C(=O)O)c(C(=O)O)c1OC. The summed E-state index contributed by atoms with van der Waals surface area (Å²) < 4.78 is 10.2. The molecule has 0 saturated heterocycles. The quantitative estimate of drug-likeness (QED) is 0.882. The highest BCUT2D eigenvalue weighted by molar-refractivity contribution is 6.09. The van der Waals surface area contributed by atoms with Gasteiger partial charge < -0.3 is 19.7 Å². The first-order valence-electron chi connectivity index (χ1n) is 6.32. The molecule has 0 fully saturated rings. The van der Waals surface area contributed by atoms with Crippen LogP contribution in [-0.2, 0) is 0 Å². The van der Waals surface area contributed by atoms with E-state index in [1.54, 1.807) is 30.3 Å². The number of carboxylic acid groups (broad SMARTS) is 2. The van der Waals surface area contributed by atoms with Gasteiger partial charge in [0.25, 0.3) is 0 Å². The van der Waals surface area contributed by atoms with Crippen molar-refractivity contribution in [3.05, 3.63) is 47.5 Å². The first-order chi connectivity index (χ1) is 10.5. The summed E-state index contributed by atoms with van der Waals surface area (Å²) in [5.41, 5.74) is 0.0519. The van der Waals surface area contributed by atoms with Crippen LogP contribution in [0.4, 0.5) is 0 Å². The summed E-state index contributed by atoms with van der Waals surface area (Å²) in [6.45, 7) is 0. The minimum atomic E-state index is -1.40. The molecule has 0 aliphatic rings. The molecule has 6 nitrogen and oxygen atoms in total. The topological polar surface area (TPSA) is 93.1 Å². The lowest BCUT2D eigenvalue weighted by atomic mass is 9.94. The Morgan fingerprint density at radius 1 is 0.909 bits per heavy atom. The number of benzene rings is 2. The van der Waals surface area contributed by atoms with E-state index in [9.17, 15) is 19.8 Å². The Bertz CT molecular complexity index is 721. The number of methoxy groups -OCH3 is 2. The van der Waals surface area contributed by atoms with Crippen LogP contribution in [0.3, 0.4) is 0 Å². The number of aromatic carboxylic acids is 2. The third kappa shape index (κ3) is 2.58. The van der Waals surface area contributed by atoms with E-state index in [2.05, 4.69) is 0 Å². The monoisotopic (exact) mass is 302 g/mol. The Balaban J connectivity index is 2.92. The highest BCUT2D eigenvalue weighted by atomic mass is 16.5. The lowest BCUT2D eigenvalue weighted by Crippen LogP contribution is -2.13. The van der Waals surface area contributed by atoms with Gasteiger partial charge in [-0.3, -0.25) is 0 Å². The summed E-state index contributed by atoms with van der Waals surface area (Å²) in [5.74, 6) is -2.71. The minimum Gasteiger partial charge on any atom is -0.493 e. The second-order valence-electron chi connectivity index (χ2n) is 4.39. The standard InChI is InChI=1S/C16H14O6/c1-21-11-8-10(9-6-4-3-5-7-9)12(15(17)18)13(16(19)20)14(11)22-2/h3-8H,1-2H3,(H,17,18)(H,19,20). The van der Waals surface area contributed by atoms with Crippen LogP contribution < -0.4 is 9.47 Å². The zero-order valence-corrected chi connectivity index (χ0v) is 12.0. The van der Waals surface area contributed by atoms with E-state index in [0.717, 1.165) is 0 Å². The molecule has 0 amide bonds. The number of hydrogen-bond donors (Lipinski definition) is 2. The molecule has 114 valence electrons. The van der Waals surface area contributed by atoms with Gasteiger partial charge in [-0.15, -0.1) is 0 Å². The maximum atomic E-state index is 11.6. The normalized spacial score (nSPS) is 10.1. The highest BCUT2D eigenvalue weighted by Crippen LogP contribution is 2.40.